The van der Waals surface area contributed by atoms with E-state index in [0.29, 0.717) is 24.5 Å². The Morgan fingerprint density at radius 1 is 1.43 bits per heavy atom. The van der Waals surface area contributed by atoms with Crippen LogP contribution in [0.15, 0.2) is 24.5 Å². The molecule has 28 heavy (non-hydrogen) atoms. The number of hydrogen-bond acceptors (Lipinski definition) is 7. The lowest BCUT2D eigenvalue weighted by atomic mass is 10.1. The number of nitrogens with one attached hydrogen (secondary N) is 1. The maximum Gasteiger partial charge on any atom is 0.255 e. The van der Waals surface area contributed by atoms with Gasteiger partial charge in [0.1, 0.15) is 5.82 Å². The van der Waals surface area contributed by atoms with Gasteiger partial charge < -0.3 is 16.0 Å². The third kappa shape index (κ3) is 3.33. The SMILES string of the molecule is Cc1cnc(Nc2ccnn2C)nc1-c1cc2c(s1)CCN(CC(N)=O)C2=O. The summed E-state index contributed by atoms with van der Waals surface area (Å²) in [5.41, 5.74) is 7.55. The topological polar surface area (TPSA) is 119 Å². The van der Waals surface area contributed by atoms with E-state index >= 15 is 0 Å². The Hall–Kier alpha value is -3.27. The largest absolute Gasteiger partial charge is 0.368 e. The van der Waals surface area contributed by atoms with Gasteiger partial charge in [-0.1, -0.05) is 0 Å². The minimum atomic E-state index is -0.509. The molecule has 0 spiro atoms. The molecule has 0 aromatic carbocycles. The van der Waals surface area contributed by atoms with Crippen LogP contribution in [-0.2, 0) is 18.3 Å². The zero-order valence-electron chi connectivity index (χ0n) is 15.5. The molecule has 3 aromatic rings. The number of aryl methyl sites for hydroxylation is 2. The highest BCUT2D eigenvalue weighted by atomic mass is 32.1. The summed E-state index contributed by atoms with van der Waals surface area (Å²) in [6.45, 7) is 2.36. The van der Waals surface area contributed by atoms with Crippen LogP contribution in [0.4, 0.5) is 11.8 Å². The summed E-state index contributed by atoms with van der Waals surface area (Å²) in [6, 6.07) is 3.68. The summed E-state index contributed by atoms with van der Waals surface area (Å²) < 4.78 is 1.69. The van der Waals surface area contributed by atoms with Crippen LogP contribution in [0.3, 0.4) is 0 Å². The lowest BCUT2D eigenvalue weighted by Gasteiger charge is -2.25. The monoisotopic (exact) mass is 397 g/mol. The van der Waals surface area contributed by atoms with Gasteiger partial charge >= 0.3 is 0 Å². The van der Waals surface area contributed by atoms with Crippen LogP contribution >= 0.6 is 11.3 Å². The average Bonchev–Trinajstić information content (AvgIpc) is 3.26. The van der Waals surface area contributed by atoms with Gasteiger partial charge in [0, 0.05) is 37.2 Å². The number of primary amides is 1. The van der Waals surface area contributed by atoms with Crippen LogP contribution in [0.5, 0.6) is 0 Å². The lowest BCUT2D eigenvalue weighted by molar-refractivity contribution is -0.118. The first-order chi connectivity index (χ1) is 13.4. The molecular formula is C18H19N7O2S. The smallest absolute Gasteiger partial charge is 0.255 e. The van der Waals surface area contributed by atoms with Crippen molar-refractivity contribution in [3.05, 3.63) is 40.5 Å². The van der Waals surface area contributed by atoms with Crippen molar-refractivity contribution in [2.45, 2.75) is 13.3 Å². The van der Waals surface area contributed by atoms with Crippen LogP contribution in [0.2, 0.25) is 0 Å². The van der Waals surface area contributed by atoms with E-state index in [9.17, 15) is 9.59 Å². The highest BCUT2D eigenvalue weighted by molar-refractivity contribution is 7.15. The molecule has 0 saturated carbocycles. The minimum Gasteiger partial charge on any atom is -0.368 e. The van der Waals surface area contributed by atoms with Crippen LogP contribution < -0.4 is 11.1 Å². The molecule has 0 radical (unpaired) electrons. The zero-order valence-corrected chi connectivity index (χ0v) is 16.3. The molecule has 0 fully saturated rings. The van der Waals surface area contributed by atoms with E-state index in [1.165, 1.54) is 4.90 Å². The Balaban J connectivity index is 1.65. The maximum atomic E-state index is 12.7. The van der Waals surface area contributed by atoms with Gasteiger partial charge in [-0.05, 0) is 18.6 Å². The van der Waals surface area contributed by atoms with Gasteiger partial charge in [-0.2, -0.15) is 5.10 Å². The highest BCUT2D eigenvalue weighted by Crippen LogP contribution is 2.35. The summed E-state index contributed by atoms with van der Waals surface area (Å²) in [4.78, 5) is 36.2. The molecule has 10 heteroatoms. The number of nitrogens with zero attached hydrogens (tertiary/aromatic N) is 5. The third-order valence-corrected chi connectivity index (χ3v) is 5.75. The van der Waals surface area contributed by atoms with Crippen molar-refractivity contribution in [3.8, 4) is 10.6 Å². The van der Waals surface area contributed by atoms with Crippen molar-refractivity contribution in [1.82, 2.24) is 24.6 Å². The molecule has 0 bridgehead atoms. The van der Waals surface area contributed by atoms with Gasteiger partial charge in [-0.15, -0.1) is 11.3 Å². The van der Waals surface area contributed by atoms with Gasteiger partial charge in [-0.25, -0.2) is 9.97 Å². The standard InChI is InChI=1S/C18H19N7O2S/c1-10-8-20-18(22-15-3-5-21-24(15)2)23-16(10)13-7-11-12(28-13)4-6-25(17(11)27)9-14(19)26/h3,5,7-8H,4,6,9H2,1-2H3,(H2,19,26)(H,20,22,23). The Labute approximate surface area is 165 Å². The molecule has 0 atom stereocenters. The number of hydrogen-bond donors (Lipinski definition) is 2. The number of fused-ring (bicyclic) bond motifs is 1. The van der Waals surface area contributed by atoms with E-state index in [2.05, 4.69) is 20.4 Å². The van der Waals surface area contributed by atoms with E-state index in [1.54, 1.807) is 28.4 Å². The Bertz CT molecular complexity index is 1070. The van der Waals surface area contributed by atoms with Crippen molar-refractivity contribution in [2.75, 3.05) is 18.4 Å². The molecular weight excluding hydrogens is 378 g/mol. The lowest BCUT2D eigenvalue weighted by Crippen LogP contribution is -2.42. The molecule has 0 unspecified atom stereocenters. The summed E-state index contributed by atoms with van der Waals surface area (Å²) in [5.74, 6) is 0.557. The summed E-state index contributed by atoms with van der Waals surface area (Å²) >= 11 is 1.55. The van der Waals surface area contributed by atoms with Crippen molar-refractivity contribution in [2.24, 2.45) is 12.8 Å². The molecule has 3 N–H and O–H groups in total. The van der Waals surface area contributed by atoms with Crippen molar-refractivity contribution >= 4 is 34.9 Å². The molecule has 0 aliphatic carbocycles. The van der Waals surface area contributed by atoms with Gasteiger partial charge in [0.05, 0.1) is 28.9 Å². The Morgan fingerprint density at radius 3 is 2.96 bits per heavy atom. The third-order valence-electron chi connectivity index (χ3n) is 4.55. The van der Waals surface area contributed by atoms with Gasteiger partial charge in [0.25, 0.3) is 5.91 Å². The van der Waals surface area contributed by atoms with E-state index in [0.717, 1.165) is 26.8 Å². The fourth-order valence-corrected chi connectivity index (χ4v) is 4.32. The van der Waals surface area contributed by atoms with Crippen LogP contribution in [-0.4, -0.2) is 49.6 Å². The first kappa shape index (κ1) is 18.1. The number of carbonyl (C=O) groups is 2. The summed E-state index contributed by atoms with van der Waals surface area (Å²) in [5, 5.41) is 7.26. The zero-order chi connectivity index (χ0) is 19.8. The molecule has 1 aliphatic heterocycles. The Morgan fingerprint density at radius 2 is 2.25 bits per heavy atom. The molecule has 0 saturated heterocycles. The number of thiophene rings is 1. The van der Waals surface area contributed by atoms with Crippen molar-refractivity contribution < 1.29 is 9.59 Å². The van der Waals surface area contributed by atoms with Crippen LogP contribution in [0.1, 0.15) is 20.8 Å². The number of anilines is 2. The van der Waals surface area contributed by atoms with Gasteiger partial charge in [0.15, 0.2) is 0 Å². The number of amides is 2. The summed E-state index contributed by atoms with van der Waals surface area (Å²) in [7, 11) is 1.83. The van der Waals surface area contributed by atoms with E-state index in [4.69, 9.17) is 5.73 Å². The maximum absolute atomic E-state index is 12.7. The van der Waals surface area contributed by atoms with Crippen LogP contribution in [0.25, 0.3) is 10.6 Å². The molecule has 4 heterocycles. The number of aromatic nitrogens is 4. The number of rotatable bonds is 5. The predicted octanol–water partition coefficient (Wildman–Crippen LogP) is 1.47. The second-order valence-electron chi connectivity index (χ2n) is 6.58. The number of carbonyl (C=O) groups excluding carboxylic acids is 2. The van der Waals surface area contributed by atoms with Crippen molar-refractivity contribution in [1.29, 1.82) is 0 Å². The first-order valence-corrected chi connectivity index (χ1v) is 9.53. The quantitative estimate of drug-likeness (QED) is 0.673. The second-order valence-corrected chi connectivity index (χ2v) is 7.72. The fraction of sp³-hybridized carbons (Fsp3) is 0.278. The van der Waals surface area contributed by atoms with Gasteiger partial charge in [-0.3, -0.25) is 14.3 Å². The highest BCUT2D eigenvalue weighted by Gasteiger charge is 2.28. The second kappa shape index (κ2) is 7.04. The van der Waals surface area contributed by atoms with E-state index in [1.807, 2.05) is 26.1 Å². The van der Waals surface area contributed by atoms with Crippen LogP contribution in [0, 0.1) is 6.92 Å². The van der Waals surface area contributed by atoms with Gasteiger partial charge in [0.2, 0.25) is 11.9 Å². The molecule has 144 valence electrons. The average molecular weight is 397 g/mol. The Kier molecular flexibility index (Phi) is 4.55. The van der Waals surface area contributed by atoms with E-state index < -0.39 is 5.91 Å². The number of nitrogens with two attached hydrogens (primary N) is 1. The van der Waals surface area contributed by atoms with E-state index in [-0.39, 0.29) is 12.5 Å². The molecule has 2 amide bonds. The summed E-state index contributed by atoms with van der Waals surface area (Å²) in [6.07, 6.45) is 4.14. The fourth-order valence-electron chi connectivity index (χ4n) is 3.12. The van der Waals surface area contributed by atoms with Crippen molar-refractivity contribution in [3.63, 3.8) is 0 Å². The molecule has 4 rings (SSSR count). The molecule has 3 aromatic heterocycles. The predicted molar refractivity (Wildman–Crippen MR) is 105 cm³/mol. The molecule has 1 aliphatic rings. The normalized spacial score (nSPS) is 13.5. The molecule has 9 nitrogen and oxygen atoms in total. The minimum absolute atomic E-state index is 0.0608. The first-order valence-electron chi connectivity index (χ1n) is 8.71.